The second kappa shape index (κ2) is 7.00. The van der Waals surface area contributed by atoms with Gasteiger partial charge in [0.25, 0.3) is 0 Å². The lowest BCUT2D eigenvalue weighted by atomic mass is 10.1. The van der Waals surface area contributed by atoms with E-state index in [9.17, 15) is 0 Å². The molecule has 0 aliphatic rings. The molecule has 0 amide bonds. The Labute approximate surface area is 124 Å². The van der Waals surface area contributed by atoms with Crippen LogP contribution in [0.15, 0.2) is 42.5 Å². The van der Waals surface area contributed by atoms with E-state index in [0.717, 1.165) is 22.4 Å². The zero-order valence-corrected chi connectivity index (χ0v) is 11.9. The lowest BCUT2D eigenvalue weighted by Gasteiger charge is -2.09. The Hall–Kier alpha value is -1.95. The molecule has 1 N–H and O–H groups in total. The van der Waals surface area contributed by atoms with Crippen molar-refractivity contribution in [1.82, 2.24) is 0 Å². The zero-order chi connectivity index (χ0) is 14.4. The number of hydrogen-bond donors (Lipinski definition) is 1. The van der Waals surface area contributed by atoms with E-state index in [4.69, 9.17) is 21.4 Å². The molecular formula is C17H15ClO2. The Balaban J connectivity index is 2.06. The first-order valence-electron chi connectivity index (χ1n) is 6.26. The van der Waals surface area contributed by atoms with Gasteiger partial charge in [-0.3, -0.25) is 0 Å². The Morgan fingerprint density at radius 1 is 1.20 bits per heavy atom. The standard InChI is InChI=1S/C17H15ClO2/c1-13-10-14(5-3-9-19)7-8-17(13)20-12-15-4-2-6-16(18)11-15/h2,4,6-8,10-11,19H,9,12H2,1H3. The van der Waals surface area contributed by atoms with Crippen molar-refractivity contribution in [1.29, 1.82) is 0 Å². The highest BCUT2D eigenvalue weighted by Crippen LogP contribution is 2.20. The van der Waals surface area contributed by atoms with Gasteiger partial charge in [-0.25, -0.2) is 0 Å². The van der Waals surface area contributed by atoms with Crippen molar-refractivity contribution in [2.75, 3.05) is 6.61 Å². The first-order valence-corrected chi connectivity index (χ1v) is 6.64. The molecule has 0 heterocycles. The Morgan fingerprint density at radius 3 is 2.75 bits per heavy atom. The van der Waals surface area contributed by atoms with Crippen molar-refractivity contribution in [3.63, 3.8) is 0 Å². The molecule has 0 saturated carbocycles. The van der Waals surface area contributed by atoms with Crippen molar-refractivity contribution in [3.05, 3.63) is 64.2 Å². The average molecular weight is 287 g/mol. The van der Waals surface area contributed by atoms with Crippen LogP contribution in [0.1, 0.15) is 16.7 Å². The molecular weight excluding hydrogens is 272 g/mol. The predicted octanol–water partition coefficient (Wildman–Crippen LogP) is 3.57. The Bertz CT molecular complexity index is 654. The van der Waals surface area contributed by atoms with Gasteiger partial charge in [0, 0.05) is 10.6 Å². The number of halogens is 1. The molecule has 0 bridgehead atoms. The van der Waals surface area contributed by atoms with Gasteiger partial charge in [0.15, 0.2) is 0 Å². The first kappa shape index (κ1) is 14.5. The Kier molecular flexibility index (Phi) is 5.06. The van der Waals surface area contributed by atoms with Gasteiger partial charge in [0.2, 0.25) is 0 Å². The summed E-state index contributed by atoms with van der Waals surface area (Å²) in [4.78, 5) is 0. The number of rotatable bonds is 3. The van der Waals surface area contributed by atoms with Gasteiger partial charge in [-0.2, -0.15) is 0 Å². The first-order chi connectivity index (χ1) is 9.69. The summed E-state index contributed by atoms with van der Waals surface area (Å²) < 4.78 is 5.78. The third-order valence-electron chi connectivity index (χ3n) is 2.77. The second-order valence-corrected chi connectivity index (χ2v) is 4.80. The van der Waals surface area contributed by atoms with Crippen LogP contribution in [0.25, 0.3) is 0 Å². The van der Waals surface area contributed by atoms with E-state index in [1.54, 1.807) is 0 Å². The molecule has 2 aromatic carbocycles. The van der Waals surface area contributed by atoms with Gasteiger partial charge in [0.05, 0.1) is 0 Å². The summed E-state index contributed by atoms with van der Waals surface area (Å²) in [5.74, 6) is 6.32. The highest BCUT2D eigenvalue weighted by atomic mass is 35.5. The number of aliphatic hydroxyl groups is 1. The number of hydrogen-bond acceptors (Lipinski definition) is 2. The second-order valence-electron chi connectivity index (χ2n) is 4.36. The van der Waals surface area contributed by atoms with Gasteiger partial charge < -0.3 is 9.84 Å². The van der Waals surface area contributed by atoms with Crippen LogP contribution in [-0.4, -0.2) is 11.7 Å². The lowest BCUT2D eigenvalue weighted by molar-refractivity contribution is 0.304. The number of benzene rings is 2. The molecule has 2 aromatic rings. The normalized spacial score (nSPS) is 9.75. The fourth-order valence-corrected chi connectivity index (χ4v) is 2.03. The molecule has 102 valence electrons. The fraction of sp³-hybridized carbons (Fsp3) is 0.176. The number of ether oxygens (including phenoxy) is 1. The smallest absolute Gasteiger partial charge is 0.122 e. The molecule has 0 aromatic heterocycles. The van der Waals surface area contributed by atoms with E-state index >= 15 is 0 Å². The van der Waals surface area contributed by atoms with Crippen LogP contribution < -0.4 is 4.74 Å². The summed E-state index contributed by atoms with van der Waals surface area (Å²) in [5, 5.41) is 9.38. The minimum Gasteiger partial charge on any atom is -0.489 e. The molecule has 0 spiro atoms. The van der Waals surface area contributed by atoms with Gasteiger partial charge in [-0.05, 0) is 48.4 Å². The van der Waals surface area contributed by atoms with Crippen LogP contribution in [-0.2, 0) is 6.61 Å². The van der Waals surface area contributed by atoms with Crippen LogP contribution >= 0.6 is 11.6 Å². The van der Waals surface area contributed by atoms with Crippen molar-refractivity contribution < 1.29 is 9.84 Å². The molecule has 0 saturated heterocycles. The largest absolute Gasteiger partial charge is 0.489 e. The molecule has 2 rings (SSSR count). The SMILES string of the molecule is Cc1cc(C#CCO)ccc1OCc1cccc(Cl)c1. The van der Waals surface area contributed by atoms with Crippen molar-refractivity contribution >= 4 is 11.6 Å². The van der Waals surface area contributed by atoms with Gasteiger partial charge in [-0.1, -0.05) is 35.6 Å². The highest BCUT2D eigenvalue weighted by Gasteiger charge is 2.01. The molecule has 0 aliphatic heterocycles. The van der Waals surface area contributed by atoms with Crippen LogP contribution in [0.3, 0.4) is 0 Å². The summed E-state index contributed by atoms with van der Waals surface area (Å²) in [6.07, 6.45) is 0. The number of aryl methyl sites for hydroxylation is 1. The maximum absolute atomic E-state index is 8.68. The summed E-state index contributed by atoms with van der Waals surface area (Å²) in [7, 11) is 0. The van der Waals surface area contributed by atoms with Crippen molar-refractivity contribution in [2.45, 2.75) is 13.5 Å². The van der Waals surface area contributed by atoms with E-state index in [1.165, 1.54) is 0 Å². The summed E-state index contributed by atoms with van der Waals surface area (Å²) in [6, 6.07) is 13.3. The van der Waals surface area contributed by atoms with E-state index < -0.39 is 0 Å². The quantitative estimate of drug-likeness (QED) is 0.874. The summed E-state index contributed by atoms with van der Waals surface area (Å²) in [6.45, 7) is 2.31. The fourth-order valence-electron chi connectivity index (χ4n) is 1.82. The van der Waals surface area contributed by atoms with Crippen LogP contribution in [0.5, 0.6) is 5.75 Å². The third kappa shape index (κ3) is 4.03. The van der Waals surface area contributed by atoms with Crippen molar-refractivity contribution in [3.8, 4) is 17.6 Å². The molecule has 20 heavy (non-hydrogen) atoms. The van der Waals surface area contributed by atoms with E-state index in [1.807, 2.05) is 49.4 Å². The molecule has 0 fully saturated rings. The predicted molar refractivity (Wildman–Crippen MR) is 80.9 cm³/mol. The third-order valence-corrected chi connectivity index (χ3v) is 3.01. The topological polar surface area (TPSA) is 29.5 Å². The molecule has 0 unspecified atom stereocenters. The molecule has 0 radical (unpaired) electrons. The number of aliphatic hydroxyl groups excluding tert-OH is 1. The zero-order valence-electron chi connectivity index (χ0n) is 11.2. The molecule has 3 heteroatoms. The van der Waals surface area contributed by atoms with Crippen LogP contribution in [0, 0.1) is 18.8 Å². The van der Waals surface area contributed by atoms with Gasteiger partial charge in [-0.15, -0.1) is 0 Å². The molecule has 0 aliphatic carbocycles. The van der Waals surface area contributed by atoms with E-state index in [0.29, 0.717) is 11.6 Å². The summed E-state index contributed by atoms with van der Waals surface area (Å²) in [5.41, 5.74) is 2.91. The van der Waals surface area contributed by atoms with Gasteiger partial charge in [0.1, 0.15) is 19.0 Å². The van der Waals surface area contributed by atoms with Crippen LogP contribution in [0.2, 0.25) is 5.02 Å². The maximum Gasteiger partial charge on any atom is 0.122 e. The van der Waals surface area contributed by atoms with Gasteiger partial charge >= 0.3 is 0 Å². The molecule has 2 nitrogen and oxygen atoms in total. The Morgan fingerprint density at radius 2 is 2.05 bits per heavy atom. The minimum absolute atomic E-state index is 0.133. The van der Waals surface area contributed by atoms with E-state index in [2.05, 4.69) is 11.8 Å². The summed E-state index contributed by atoms with van der Waals surface area (Å²) >= 11 is 5.94. The van der Waals surface area contributed by atoms with Crippen LogP contribution in [0.4, 0.5) is 0 Å². The maximum atomic E-state index is 8.68. The lowest BCUT2D eigenvalue weighted by Crippen LogP contribution is -1.97. The van der Waals surface area contributed by atoms with E-state index in [-0.39, 0.29) is 6.61 Å². The minimum atomic E-state index is -0.133. The van der Waals surface area contributed by atoms with Crippen molar-refractivity contribution in [2.24, 2.45) is 0 Å². The molecule has 0 atom stereocenters. The average Bonchev–Trinajstić information content (AvgIpc) is 2.44. The highest BCUT2D eigenvalue weighted by molar-refractivity contribution is 6.30. The monoisotopic (exact) mass is 286 g/mol.